The number of aliphatic hydroxyl groups excluding tert-OH is 1. The number of nitrogens with one attached hydrogen (secondary N) is 1. The molecular weight excluding hydrogens is 294 g/mol. The van der Waals surface area contributed by atoms with Gasteiger partial charge in [0.25, 0.3) is 0 Å². The van der Waals surface area contributed by atoms with Gasteiger partial charge in [0.1, 0.15) is 6.04 Å². The lowest BCUT2D eigenvalue weighted by Gasteiger charge is -2.18. The average molecular weight is 317 g/mol. The molecular formula is C16H23N5O2. The number of amides is 1. The molecule has 0 aliphatic heterocycles. The molecule has 0 spiro atoms. The summed E-state index contributed by atoms with van der Waals surface area (Å²) in [4.78, 5) is 13.4. The van der Waals surface area contributed by atoms with Crippen LogP contribution < -0.4 is 5.32 Å². The molecule has 0 saturated carbocycles. The average Bonchev–Trinajstić information content (AvgIpc) is 3.08. The molecule has 7 nitrogen and oxygen atoms in total. The first kappa shape index (κ1) is 17.1. The van der Waals surface area contributed by atoms with Crippen molar-refractivity contribution in [2.45, 2.75) is 39.3 Å². The number of carbonyl (C=O) groups is 1. The molecule has 1 aromatic carbocycles. The second kappa shape index (κ2) is 7.82. The van der Waals surface area contributed by atoms with Crippen LogP contribution in [0.5, 0.6) is 0 Å². The van der Waals surface area contributed by atoms with E-state index >= 15 is 0 Å². The second-order valence-electron chi connectivity index (χ2n) is 5.67. The monoisotopic (exact) mass is 317 g/mol. The number of carbonyl (C=O) groups excluding carboxylic acids is 1. The Bertz CT molecular complexity index is 628. The molecule has 0 aliphatic rings. The van der Waals surface area contributed by atoms with E-state index in [-0.39, 0.29) is 18.4 Å². The first-order chi connectivity index (χ1) is 11.0. The number of aromatic nitrogens is 4. The largest absolute Gasteiger partial charge is 0.391 e. The van der Waals surface area contributed by atoms with Crippen LogP contribution >= 0.6 is 0 Å². The van der Waals surface area contributed by atoms with E-state index in [1.807, 2.05) is 44.2 Å². The van der Waals surface area contributed by atoms with Gasteiger partial charge in [-0.3, -0.25) is 4.79 Å². The molecule has 0 radical (unpaired) electrons. The van der Waals surface area contributed by atoms with Gasteiger partial charge < -0.3 is 10.4 Å². The van der Waals surface area contributed by atoms with E-state index < -0.39 is 12.1 Å². The number of hydrogen-bond acceptors (Lipinski definition) is 5. The van der Waals surface area contributed by atoms with Crippen LogP contribution in [0.15, 0.2) is 30.3 Å². The summed E-state index contributed by atoms with van der Waals surface area (Å²) in [5, 5.41) is 24.8. The van der Waals surface area contributed by atoms with E-state index in [0.717, 1.165) is 12.0 Å². The fraction of sp³-hybridized carbons (Fsp3) is 0.500. The maximum absolute atomic E-state index is 12.2. The van der Waals surface area contributed by atoms with Crippen LogP contribution in [-0.4, -0.2) is 43.9 Å². The number of nitrogens with zero attached hydrogens (tertiary/aromatic N) is 4. The fourth-order valence-corrected chi connectivity index (χ4v) is 2.02. The molecule has 0 fully saturated rings. The second-order valence-corrected chi connectivity index (χ2v) is 5.67. The maximum atomic E-state index is 12.2. The van der Waals surface area contributed by atoms with Crippen molar-refractivity contribution >= 4 is 5.91 Å². The van der Waals surface area contributed by atoms with Gasteiger partial charge in [0.2, 0.25) is 11.7 Å². The third-order valence-corrected chi connectivity index (χ3v) is 3.97. The highest BCUT2D eigenvalue weighted by atomic mass is 16.3. The Kier molecular flexibility index (Phi) is 5.81. The summed E-state index contributed by atoms with van der Waals surface area (Å²) in [6.07, 6.45) is 0.303. The standard InChI is InChI=1S/C16H23N5O2/c1-4-11(2)14(22)10-17-16(23)12(3)21-19-15(18-20-21)13-8-6-5-7-9-13/h5-9,11-12,14,22H,4,10H2,1-3H3,(H,17,23). The van der Waals surface area contributed by atoms with Gasteiger partial charge in [-0.05, 0) is 18.1 Å². The summed E-state index contributed by atoms with van der Waals surface area (Å²) in [7, 11) is 0. The Morgan fingerprint density at radius 2 is 2.00 bits per heavy atom. The molecule has 1 heterocycles. The zero-order valence-corrected chi connectivity index (χ0v) is 13.7. The van der Waals surface area contributed by atoms with Crippen molar-refractivity contribution in [3.8, 4) is 11.4 Å². The van der Waals surface area contributed by atoms with E-state index in [9.17, 15) is 9.90 Å². The van der Waals surface area contributed by atoms with Gasteiger partial charge in [0, 0.05) is 12.1 Å². The minimum Gasteiger partial charge on any atom is -0.391 e. The lowest BCUT2D eigenvalue weighted by atomic mass is 10.0. The summed E-state index contributed by atoms with van der Waals surface area (Å²) >= 11 is 0. The van der Waals surface area contributed by atoms with Crippen molar-refractivity contribution in [2.24, 2.45) is 5.92 Å². The first-order valence-electron chi connectivity index (χ1n) is 7.83. The molecule has 7 heteroatoms. The number of benzene rings is 1. The predicted octanol–water partition coefficient (Wildman–Crippen LogP) is 1.42. The molecule has 2 rings (SSSR count). The first-order valence-corrected chi connectivity index (χ1v) is 7.83. The van der Waals surface area contributed by atoms with Crippen LogP contribution in [0, 0.1) is 5.92 Å². The normalized spacial score (nSPS) is 15.0. The maximum Gasteiger partial charge on any atom is 0.246 e. The Morgan fingerprint density at radius 1 is 1.30 bits per heavy atom. The summed E-state index contributed by atoms with van der Waals surface area (Å²) in [6, 6.07) is 8.87. The molecule has 0 saturated heterocycles. The Balaban J connectivity index is 1.96. The van der Waals surface area contributed by atoms with E-state index in [4.69, 9.17) is 0 Å². The van der Waals surface area contributed by atoms with Gasteiger partial charge >= 0.3 is 0 Å². The molecule has 124 valence electrons. The van der Waals surface area contributed by atoms with Gasteiger partial charge in [0.15, 0.2) is 0 Å². The van der Waals surface area contributed by atoms with Crippen LogP contribution in [0.3, 0.4) is 0 Å². The molecule has 3 unspecified atom stereocenters. The van der Waals surface area contributed by atoms with Crippen molar-refractivity contribution in [3.05, 3.63) is 30.3 Å². The fourth-order valence-electron chi connectivity index (χ4n) is 2.02. The molecule has 3 atom stereocenters. The van der Waals surface area contributed by atoms with Crippen molar-refractivity contribution in [1.29, 1.82) is 0 Å². The highest BCUT2D eigenvalue weighted by Crippen LogP contribution is 2.13. The minimum atomic E-state index is -0.593. The summed E-state index contributed by atoms with van der Waals surface area (Å²) in [6.45, 7) is 5.87. The highest BCUT2D eigenvalue weighted by molar-refractivity contribution is 5.79. The predicted molar refractivity (Wildman–Crippen MR) is 86.4 cm³/mol. The van der Waals surface area contributed by atoms with Gasteiger partial charge in [-0.2, -0.15) is 4.80 Å². The third kappa shape index (κ3) is 4.35. The van der Waals surface area contributed by atoms with E-state index in [1.54, 1.807) is 6.92 Å². The third-order valence-electron chi connectivity index (χ3n) is 3.97. The van der Waals surface area contributed by atoms with Crippen LogP contribution in [0.1, 0.15) is 33.2 Å². The molecule has 2 N–H and O–H groups in total. The Labute approximate surface area is 135 Å². The Morgan fingerprint density at radius 3 is 2.65 bits per heavy atom. The highest BCUT2D eigenvalue weighted by Gasteiger charge is 2.20. The van der Waals surface area contributed by atoms with Gasteiger partial charge in [-0.15, -0.1) is 10.2 Å². The number of tetrazole rings is 1. The number of hydrogen-bond donors (Lipinski definition) is 2. The van der Waals surface area contributed by atoms with Crippen molar-refractivity contribution in [2.75, 3.05) is 6.54 Å². The topological polar surface area (TPSA) is 92.9 Å². The quantitative estimate of drug-likeness (QED) is 0.805. The lowest BCUT2D eigenvalue weighted by Crippen LogP contribution is -2.39. The molecule has 2 aromatic rings. The smallest absolute Gasteiger partial charge is 0.246 e. The van der Waals surface area contributed by atoms with Crippen LogP contribution in [0.25, 0.3) is 11.4 Å². The lowest BCUT2D eigenvalue weighted by molar-refractivity contribution is -0.125. The van der Waals surface area contributed by atoms with Crippen LogP contribution in [0.4, 0.5) is 0 Å². The van der Waals surface area contributed by atoms with E-state index in [0.29, 0.717) is 5.82 Å². The van der Waals surface area contributed by atoms with E-state index in [2.05, 4.69) is 20.7 Å². The summed E-state index contributed by atoms with van der Waals surface area (Å²) in [5.41, 5.74) is 0.846. The molecule has 1 aromatic heterocycles. The van der Waals surface area contributed by atoms with Crippen LogP contribution in [0.2, 0.25) is 0 Å². The van der Waals surface area contributed by atoms with Crippen molar-refractivity contribution in [1.82, 2.24) is 25.5 Å². The molecule has 1 amide bonds. The van der Waals surface area contributed by atoms with Gasteiger partial charge in [0.05, 0.1) is 6.10 Å². The zero-order valence-electron chi connectivity index (χ0n) is 13.7. The molecule has 23 heavy (non-hydrogen) atoms. The van der Waals surface area contributed by atoms with E-state index in [1.165, 1.54) is 4.80 Å². The van der Waals surface area contributed by atoms with Crippen molar-refractivity contribution < 1.29 is 9.90 Å². The molecule has 0 aliphatic carbocycles. The van der Waals surface area contributed by atoms with Gasteiger partial charge in [-0.1, -0.05) is 50.6 Å². The summed E-state index contributed by atoms with van der Waals surface area (Å²) < 4.78 is 0. The number of rotatable bonds is 7. The van der Waals surface area contributed by atoms with Gasteiger partial charge in [-0.25, -0.2) is 0 Å². The van der Waals surface area contributed by atoms with Crippen molar-refractivity contribution in [3.63, 3.8) is 0 Å². The SMILES string of the molecule is CCC(C)C(O)CNC(=O)C(C)n1nnc(-c2ccccc2)n1. The summed E-state index contributed by atoms with van der Waals surface area (Å²) in [5.74, 6) is 0.369. The zero-order chi connectivity index (χ0) is 16.8. The molecule has 0 bridgehead atoms. The minimum absolute atomic E-state index is 0.139. The Hall–Kier alpha value is -2.28. The van der Waals surface area contributed by atoms with Crippen LogP contribution in [-0.2, 0) is 4.79 Å². The number of aliphatic hydroxyl groups is 1.